The Balaban J connectivity index is 1.48. The van der Waals surface area contributed by atoms with E-state index < -0.39 is 0 Å². The molecule has 1 heterocycles. The number of hydrogen-bond donors (Lipinski definition) is 1. The van der Waals surface area contributed by atoms with Crippen molar-refractivity contribution in [3.8, 4) is 0 Å². The number of hydrogen-bond acceptors (Lipinski definition) is 2. The summed E-state index contributed by atoms with van der Waals surface area (Å²) < 4.78 is 1.10. The first-order chi connectivity index (χ1) is 11.2. The first-order valence-corrected chi connectivity index (χ1v) is 8.92. The SMILES string of the molecule is Cc1ccc(C[NH+]2CCN(/N=C\c3ccc(Br)cc3)CC2)cc1. The Kier molecular flexibility index (Phi) is 5.47. The van der Waals surface area contributed by atoms with Gasteiger partial charge in [0.2, 0.25) is 0 Å². The molecule has 1 saturated heterocycles. The molecule has 0 bridgehead atoms. The third-order valence-electron chi connectivity index (χ3n) is 4.26. The second-order valence-corrected chi connectivity index (χ2v) is 7.08. The first kappa shape index (κ1) is 16.2. The summed E-state index contributed by atoms with van der Waals surface area (Å²) in [6.07, 6.45) is 1.96. The van der Waals surface area contributed by atoms with Gasteiger partial charge in [-0.1, -0.05) is 57.9 Å². The minimum atomic E-state index is 1.02. The number of halogens is 1. The fourth-order valence-corrected chi connectivity index (χ4v) is 3.06. The molecule has 120 valence electrons. The zero-order valence-corrected chi connectivity index (χ0v) is 15.1. The molecule has 0 unspecified atom stereocenters. The molecule has 1 aliphatic rings. The van der Waals surface area contributed by atoms with Crippen LogP contribution in [0.25, 0.3) is 0 Å². The fourth-order valence-electron chi connectivity index (χ4n) is 2.80. The fraction of sp³-hybridized carbons (Fsp3) is 0.316. The zero-order valence-electron chi connectivity index (χ0n) is 13.5. The van der Waals surface area contributed by atoms with Crippen LogP contribution in [0.2, 0.25) is 0 Å². The van der Waals surface area contributed by atoms with E-state index in [1.54, 1.807) is 4.90 Å². The van der Waals surface area contributed by atoms with Gasteiger partial charge in [-0.05, 0) is 24.6 Å². The molecule has 3 nitrogen and oxygen atoms in total. The number of benzene rings is 2. The number of piperazine rings is 1. The molecule has 0 spiro atoms. The third kappa shape index (κ3) is 4.91. The van der Waals surface area contributed by atoms with Crippen LogP contribution < -0.4 is 4.90 Å². The number of aryl methyl sites for hydroxylation is 1. The Bertz CT molecular complexity index is 641. The zero-order chi connectivity index (χ0) is 16.1. The van der Waals surface area contributed by atoms with Gasteiger partial charge in [0.15, 0.2) is 0 Å². The van der Waals surface area contributed by atoms with Crippen LogP contribution in [0.4, 0.5) is 0 Å². The number of nitrogens with zero attached hydrogens (tertiary/aromatic N) is 2. The number of nitrogens with one attached hydrogen (secondary N) is 1. The summed E-state index contributed by atoms with van der Waals surface area (Å²) in [5.41, 5.74) is 3.90. The van der Waals surface area contributed by atoms with E-state index in [1.807, 2.05) is 18.3 Å². The maximum atomic E-state index is 4.62. The second-order valence-electron chi connectivity index (χ2n) is 6.16. The van der Waals surface area contributed by atoms with Crippen LogP contribution in [0.15, 0.2) is 58.1 Å². The Morgan fingerprint density at radius 1 is 1.04 bits per heavy atom. The van der Waals surface area contributed by atoms with Gasteiger partial charge >= 0.3 is 0 Å². The second kappa shape index (κ2) is 7.75. The van der Waals surface area contributed by atoms with Gasteiger partial charge in [-0.2, -0.15) is 5.10 Å². The normalized spacial score (nSPS) is 16.2. The van der Waals surface area contributed by atoms with E-state index in [9.17, 15) is 0 Å². The van der Waals surface area contributed by atoms with E-state index in [-0.39, 0.29) is 0 Å². The van der Waals surface area contributed by atoms with E-state index >= 15 is 0 Å². The van der Waals surface area contributed by atoms with Crippen molar-refractivity contribution < 1.29 is 4.90 Å². The topological polar surface area (TPSA) is 20.0 Å². The minimum Gasteiger partial charge on any atom is -0.328 e. The molecule has 4 heteroatoms. The highest BCUT2D eigenvalue weighted by Gasteiger charge is 2.18. The predicted octanol–water partition coefficient (Wildman–Crippen LogP) is 2.49. The summed E-state index contributed by atoms with van der Waals surface area (Å²) in [6, 6.07) is 17.1. The van der Waals surface area contributed by atoms with Gasteiger partial charge < -0.3 is 4.90 Å². The number of rotatable bonds is 4. The van der Waals surface area contributed by atoms with Gasteiger partial charge in [-0.15, -0.1) is 0 Å². The van der Waals surface area contributed by atoms with Gasteiger partial charge in [0.25, 0.3) is 0 Å². The molecule has 0 atom stereocenters. The van der Waals surface area contributed by atoms with Crippen LogP contribution in [0.3, 0.4) is 0 Å². The highest BCUT2D eigenvalue weighted by atomic mass is 79.9. The lowest BCUT2D eigenvalue weighted by Crippen LogP contribution is -3.13. The Hall–Kier alpha value is -1.65. The molecular formula is C19H23BrN3+. The van der Waals surface area contributed by atoms with Crippen LogP contribution in [0.5, 0.6) is 0 Å². The van der Waals surface area contributed by atoms with Gasteiger partial charge in [0, 0.05) is 10.0 Å². The monoisotopic (exact) mass is 372 g/mol. The molecule has 3 rings (SSSR count). The van der Waals surface area contributed by atoms with Crippen molar-refractivity contribution in [1.29, 1.82) is 0 Å². The summed E-state index contributed by atoms with van der Waals surface area (Å²) in [6.45, 7) is 7.59. The summed E-state index contributed by atoms with van der Waals surface area (Å²) in [5, 5.41) is 6.80. The molecule has 0 saturated carbocycles. The van der Waals surface area contributed by atoms with Gasteiger partial charge in [0.05, 0.1) is 32.4 Å². The highest BCUT2D eigenvalue weighted by molar-refractivity contribution is 9.10. The molecule has 1 aliphatic heterocycles. The van der Waals surface area contributed by atoms with Crippen LogP contribution in [-0.2, 0) is 6.54 Å². The van der Waals surface area contributed by atoms with Crippen LogP contribution in [0, 0.1) is 6.92 Å². The van der Waals surface area contributed by atoms with Crippen molar-refractivity contribution in [3.05, 3.63) is 69.7 Å². The number of hydrazone groups is 1. The van der Waals surface area contributed by atoms with E-state index in [2.05, 4.69) is 69.4 Å². The molecule has 1 N–H and O–H groups in total. The van der Waals surface area contributed by atoms with Gasteiger partial charge in [0.1, 0.15) is 6.54 Å². The summed E-state index contributed by atoms with van der Waals surface area (Å²) >= 11 is 3.45. The van der Waals surface area contributed by atoms with Crippen molar-refractivity contribution in [2.24, 2.45) is 5.10 Å². The Labute approximate surface area is 146 Å². The molecule has 0 aliphatic carbocycles. The number of quaternary nitrogens is 1. The van der Waals surface area contributed by atoms with Crippen molar-refractivity contribution in [1.82, 2.24) is 5.01 Å². The summed E-state index contributed by atoms with van der Waals surface area (Å²) in [7, 11) is 0. The van der Waals surface area contributed by atoms with Gasteiger partial charge in [-0.3, -0.25) is 5.01 Å². The van der Waals surface area contributed by atoms with E-state index in [1.165, 1.54) is 11.1 Å². The summed E-state index contributed by atoms with van der Waals surface area (Å²) in [4.78, 5) is 1.64. The average Bonchev–Trinajstić information content (AvgIpc) is 2.58. The van der Waals surface area contributed by atoms with E-state index in [4.69, 9.17) is 0 Å². The maximum absolute atomic E-state index is 4.62. The molecule has 2 aromatic carbocycles. The van der Waals surface area contributed by atoms with Crippen LogP contribution in [-0.4, -0.2) is 37.4 Å². The van der Waals surface area contributed by atoms with E-state index in [0.717, 1.165) is 42.8 Å². The smallest absolute Gasteiger partial charge is 0.103 e. The van der Waals surface area contributed by atoms with Crippen LogP contribution >= 0.6 is 15.9 Å². The predicted molar refractivity (Wildman–Crippen MR) is 98.9 cm³/mol. The quantitative estimate of drug-likeness (QED) is 0.817. The highest BCUT2D eigenvalue weighted by Crippen LogP contribution is 2.09. The Morgan fingerprint density at radius 3 is 2.35 bits per heavy atom. The lowest BCUT2D eigenvalue weighted by molar-refractivity contribution is -0.918. The van der Waals surface area contributed by atoms with E-state index in [0.29, 0.717) is 0 Å². The molecule has 0 aromatic heterocycles. The molecule has 1 fully saturated rings. The van der Waals surface area contributed by atoms with Crippen molar-refractivity contribution in [3.63, 3.8) is 0 Å². The molecule has 23 heavy (non-hydrogen) atoms. The summed E-state index contributed by atoms with van der Waals surface area (Å²) in [5.74, 6) is 0. The first-order valence-electron chi connectivity index (χ1n) is 8.13. The largest absolute Gasteiger partial charge is 0.328 e. The van der Waals surface area contributed by atoms with Crippen molar-refractivity contribution >= 4 is 22.1 Å². The Morgan fingerprint density at radius 2 is 1.70 bits per heavy atom. The van der Waals surface area contributed by atoms with Crippen molar-refractivity contribution in [2.75, 3.05) is 26.2 Å². The lowest BCUT2D eigenvalue weighted by Gasteiger charge is -2.30. The third-order valence-corrected chi connectivity index (χ3v) is 4.79. The van der Waals surface area contributed by atoms with Crippen LogP contribution in [0.1, 0.15) is 16.7 Å². The minimum absolute atomic E-state index is 1.02. The van der Waals surface area contributed by atoms with Crippen molar-refractivity contribution in [2.45, 2.75) is 13.5 Å². The lowest BCUT2D eigenvalue weighted by atomic mass is 10.1. The molecule has 2 aromatic rings. The maximum Gasteiger partial charge on any atom is 0.103 e. The average molecular weight is 373 g/mol. The standard InChI is InChI=1S/C19H22BrN3/c1-16-2-4-18(5-3-16)15-22-10-12-23(13-11-22)21-14-17-6-8-19(20)9-7-17/h2-9,14H,10-13,15H2,1H3/p+1/b21-14-. The molecule has 0 radical (unpaired) electrons. The molecule has 0 amide bonds. The molecular weight excluding hydrogens is 350 g/mol. The van der Waals surface area contributed by atoms with Gasteiger partial charge in [-0.25, -0.2) is 0 Å².